The smallest absolute Gasteiger partial charge is 0.223 e. The molecule has 0 aliphatic heterocycles. The van der Waals surface area contributed by atoms with E-state index < -0.39 is 0 Å². The van der Waals surface area contributed by atoms with Gasteiger partial charge in [-0.15, -0.1) is 0 Å². The first kappa shape index (κ1) is 14.1. The molecule has 1 aliphatic carbocycles. The predicted octanol–water partition coefficient (Wildman–Crippen LogP) is 2.34. The van der Waals surface area contributed by atoms with Crippen LogP contribution in [0.4, 0.5) is 0 Å². The molecule has 1 amide bonds. The number of aromatic amines is 1. The lowest BCUT2D eigenvalue weighted by Crippen LogP contribution is -2.38. The van der Waals surface area contributed by atoms with Crippen LogP contribution in [0, 0.1) is 5.92 Å². The summed E-state index contributed by atoms with van der Waals surface area (Å²) in [7, 11) is 0. The Morgan fingerprint density at radius 3 is 3.05 bits per heavy atom. The Morgan fingerprint density at radius 1 is 1.33 bits per heavy atom. The van der Waals surface area contributed by atoms with Crippen molar-refractivity contribution in [3.63, 3.8) is 0 Å². The van der Waals surface area contributed by atoms with Crippen LogP contribution in [0.2, 0.25) is 0 Å². The SMILES string of the molecule is NC1CCCC(C(=O)NCCc2c[nH]c3ccccc23)C1. The summed E-state index contributed by atoms with van der Waals surface area (Å²) in [4.78, 5) is 15.4. The number of aromatic nitrogens is 1. The van der Waals surface area contributed by atoms with E-state index in [2.05, 4.69) is 22.4 Å². The molecule has 2 unspecified atom stereocenters. The highest BCUT2D eigenvalue weighted by molar-refractivity contribution is 5.83. The Labute approximate surface area is 125 Å². The maximum Gasteiger partial charge on any atom is 0.223 e. The zero-order valence-electron chi connectivity index (χ0n) is 12.3. The number of carbonyl (C=O) groups excluding carboxylic acids is 1. The van der Waals surface area contributed by atoms with Crippen molar-refractivity contribution >= 4 is 16.8 Å². The van der Waals surface area contributed by atoms with Crippen molar-refractivity contribution in [3.05, 3.63) is 36.0 Å². The summed E-state index contributed by atoms with van der Waals surface area (Å²) in [6, 6.07) is 8.45. The largest absolute Gasteiger partial charge is 0.361 e. The number of nitrogens with two attached hydrogens (primary N) is 1. The van der Waals surface area contributed by atoms with E-state index in [0.717, 1.165) is 37.6 Å². The standard InChI is InChI=1S/C17H23N3O/c18-14-5-3-4-12(10-14)17(21)19-9-8-13-11-20-16-7-2-1-6-15(13)16/h1-2,6-7,11-12,14,20H,3-5,8-10,18H2,(H,19,21). The highest BCUT2D eigenvalue weighted by atomic mass is 16.1. The van der Waals surface area contributed by atoms with E-state index in [0.29, 0.717) is 6.54 Å². The Bertz CT molecular complexity index is 619. The van der Waals surface area contributed by atoms with E-state index in [-0.39, 0.29) is 17.9 Å². The third-order valence-electron chi connectivity index (χ3n) is 4.45. The van der Waals surface area contributed by atoms with Crippen LogP contribution in [0.25, 0.3) is 10.9 Å². The fourth-order valence-corrected chi connectivity index (χ4v) is 3.27. The first-order valence-corrected chi connectivity index (χ1v) is 7.82. The summed E-state index contributed by atoms with van der Waals surface area (Å²) < 4.78 is 0. The summed E-state index contributed by atoms with van der Waals surface area (Å²) in [5, 5.41) is 4.31. The molecule has 4 N–H and O–H groups in total. The van der Waals surface area contributed by atoms with E-state index in [1.807, 2.05) is 18.3 Å². The van der Waals surface area contributed by atoms with Gasteiger partial charge in [0.2, 0.25) is 5.91 Å². The van der Waals surface area contributed by atoms with Gasteiger partial charge in [0.15, 0.2) is 0 Å². The van der Waals surface area contributed by atoms with Crippen molar-refractivity contribution < 1.29 is 4.79 Å². The van der Waals surface area contributed by atoms with E-state index in [1.54, 1.807) is 0 Å². The van der Waals surface area contributed by atoms with Gasteiger partial charge in [-0.1, -0.05) is 24.6 Å². The van der Waals surface area contributed by atoms with Crippen molar-refractivity contribution in [2.45, 2.75) is 38.1 Å². The van der Waals surface area contributed by atoms with Crippen molar-refractivity contribution in [3.8, 4) is 0 Å². The number of H-pyrrole nitrogens is 1. The first-order valence-electron chi connectivity index (χ1n) is 7.82. The Hall–Kier alpha value is -1.81. The summed E-state index contributed by atoms with van der Waals surface area (Å²) in [6.07, 6.45) is 6.83. The van der Waals surface area contributed by atoms with Crippen LogP contribution < -0.4 is 11.1 Å². The van der Waals surface area contributed by atoms with Gasteiger partial charge in [0, 0.05) is 35.6 Å². The van der Waals surface area contributed by atoms with Crippen LogP contribution in [0.1, 0.15) is 31.2 Å². The van der Waals surface area contributed by atoms with Crippen LogP contribution in [0.5, 0.6) is 0 Å². The average Bonchev–Trinajstić information content (AvgIpc) is 2.91. The lowest BCUT2D eigenvalue weighted by Gasteiger charge is -2.25. The van der Waals surface area contributed by atoms with Crippen molar-refractivity contribution in [2.24, 2.45) is 11.7 Å². The molecule has 0 radical (unpaired) electrons. The van der Waals surface area contributed by atoms with E-state index in [9.17, 15) is 4.79 Å². The number of hydrogen-bond donors (Lipinski definition) is 3. The lowest BCUT2D eigenvalue weighted by atomic mass is 9.85. The minimum absolute atomic E-state index is 0.108. The van der Waals surface area contributed by atoms with Crippen molar-refractivity contribution in [2.75, 3.05) is 6.54 Å². The molecular weight excluding hydrogens is 262 g/mol. The molecule has 0 saturated heterocycles. The van der Waals surface area contributed by atoms with Gasteiger partial charge >= 0.3 is 0 Å². The molecule has 3 rings (SSSR count). The van der Waals surface area contributed by atoms with Gasteiger partial charge in [-0.2, -0.15) is 0 Å². The summed E-state index contributed by atoms with van der Waals surface area (Å²) in [5.74, 6) is 0.279. The maximum absolute atomic E-state index is 12.2. The number of hydrogen-bond acceptors (Lipinski definition) is 2. The van der Waals surface area contributed by atoms with E-state index in [1.165, 1.54) is 10.9 Å². The van der Waals surface area contributed by atoms with Crippen LogP contribution in [-0.4, -0.2) is 23.5 Å². The topological polar surface area (TPSA) is 70.9 Å². The molecule has 21 heavy (non-hydrogen) atoms. The molecule has 1 aromatic carbocycles. The third-order valence-corrected chi connectivity index (χ3v) is 4.45. The molecule has 0 bridgehead atoms. The lowest BCUT2D eigenvalue weighted by molar-refractivity contribution is -0.126. The fourth-order valence-electron chi connectivity index (χ4n) is 3.27. The van der Waals surface area contributed by atoms with Gasteiger partial charge in [0.25, 0.3) is 0 Å². The normalized spacial score (nSPS) is 22.3. The maximum atomic E-state index is 12.2. The van der Waals surface area contributed by atoms with Crippen molar-refractivity contribution in [1.82, 2.24) is 10.3 Å². The number of benzene rings is 1. The zero-order valence-corrected chi connectivity index (χ0v) is 12.3. The highest BCUT2D eigenvalue weighted by Crippen LogP contribution is 2.23. The number of fused-ring (bicyclic) bond motifs is 1. The first-order chi connectivity index (χ1) is 10.2. The van der Waals surface area contributed by atoms with Gasteiger partial charge in [0.1, 0.15) is 0 Å². The van der Waals surface area contributed by atoms with Crippen LogP contribution >= 0.6 is 0 Å². The fraction of sp³-hybridized carbons (Fsp3) is 0.471. The van der Waals surface area contributed by atoms with Crippen molar-refractivity contribution in [1.29, 1.82) is 0 Å². The minimum atomic E-state index is 0.108. The molecular formula is C17H23N3O. The molecule has 1 heterocycles. The average molecular weight is 285 g/mol. The molecule has 2 aromatic rings. The van der Waals surface area contributed by atoms with Gasteiger partial charge in [-0.3, -0.25) is 4.79 Å². The molecule has 1 aromatic heterocycles. The van der Waals surface area contributed by atoms with Crippen LogP contribution in [0.3, 0.4) is 0 Å². The number of amides is 1. The molecule has 112 valence electrons. The summed E-state index contributed by atoms with van der Waals surface area (Å²) in [6.45, 7) is 0.687. The second kappa shape index (κ2) is 6.31. The quantitative estimate of drug-likeness (QED) is 0.807. The second-order valence-electron chi connectivity index (χ2n) is 6.02. The van der Waals surface area contributed by atoms with Crippen LogP contribution in [-0.2, 0) is 11.2 Å². The molecule has 0 spiro atoms. The molecule has 1 fully saturated rings. The summed E-state index contributed by atoms with van der Waals surface area (Å²) in [5.41, 5.74) is 8.35. The minimum Gasteiger partial charge on any atom is -0.361 e. The second-order valence-corrected chi connectivity index (χ2v) is 6.02. The Morgan fingerprint density at radius 2 is 2.19 bits per heavy atom. The molecule has 2 atom stereocenters. The van der Waals surface area contributed by atoms with Crippen LogP contribution in [0.15, 0.2) is 30.5 Å². The molecule has 4 heteroatoms. The monoisotopic (exact) mass is 285 g/mol. The predicted molar refractivity (Wildman–Crippen MR) is 84.9 cm³/mol. The number of rotatable bonds is 4. The molecule has 1 aliphatic rings. The van der Waals surface area contributed by atoms with Gasteiger partial charge < -0.3 is 16.0 Å². The molecule has 1 saturated carbocycles. The Balaban J connectivity index is 1.52. The van der Waals surface area contributed by atoms with E-state index >= 15 is 0 Å². The zero-order chi connectivity index (χ0) is 14.7. The summed E-state index contributed by atoms with van der Waals surface area (Å²) >= 11 is 0. The van der Waals surface area contributed by atoms with E-state index in [4.69, 9.17) is 5.73 Å². The third kappa shape index (κ3) is 3.27. The van der Waals surface area contributed by atoms with Gasteiger partial charge in [0.05, 0.1) is 0 Å². The van der Waals surface area contributed by atoms with Gasteiger partial charge in [-0.05, 0) is 37.3 Å². The number of carbonyl (C=O) groups is 1. The Kier molecular flexibility index (Phi) is 4.25. The van der Waals surface area contributed by atoms with Gasteiger partial charge in [-0.25, -0.2) is 0 Å². The number of nitrogens with one attached hydrogen (secondary N) is 2. The number of para-hydroxylation sites is 1. The highest BCUT2D eigenvalue weighted by Gasteiger charge is 2.24. The molecule has 4 nitrogen and oxygen atoms in total.